The Bertz CT molecular complexity index is 1160. The fourth-order valence-electron chi connectivity index (χ4n) is 2.87. The van der Waals surface area contributed by atoms with Crippen LogP contribution in [0.1, 0.15) is 21.5 Å². The summed E-state index contributed by atoms with van der Waals surface area (Å²) in [6.45, 7) is 1.93. The maximum absolute atomic E-state index is 13.0. The molecule has 4 nitrogen and oxygen atoms in total. The first-order valence-electron chi connectivity index (χ1n) is 8.34. The molecule has 28 heavy (non-hydrogen) atoms. The van der Waals surface area contributed by atoms with Gasteiger partial charge in [-0.3, -0.25) is 9.20 Å². The van der Waals surface area contributed by atoms with Gasteiger partial charge in [0.2, 0.25) is 0 Å². The zero-order valence-corrected chi connectivity index (χ0v) is 15.4. The molecule has 0 atom stereocenters. The van der Waals surface area contributed by atoms with Crippen molar-refractivity contribution in [1.82, 2.24) is 9.38 Å². The molecule has 1 amide bonds. The highest BCUT2D eigenvalue weighted by atomic mass is 32.1. The van der Waals surface area contributed by atoms with E-state index in [1.807, 2.05) is 36.6 Å². The van der Waals surface area contributed by atoms with Gasteiger partial charge in [0, 0.05) is 11.8 Å². The number of hydrogen-bond donors (Lipinski definition) is 1. The maximum atomic E-state index is 13.0. The minimum atomic E-state index is -4.51. The molecule has 3 heterocycles. The Hall–Kier alpha value is -3.13. The molecule has 142 valence electrons. The van der Waals surface area contributed by atoms with Gasteiger partial charge >= 0.3 is 6.18 Å². The summed E-state index contributed by atoms with van der Waals surface area (Å²) in [7, 11) is 0. The van der Waals surface area contributed by atoms with Gasteiger partial charge in [0.25, 0.3) is 5.91 Å². The number of pyridine rings is 1. The highest BCUT2D eigenvalue weighted by Crippen LogP contribution is 2.33. The Balaban J connectivity index is 1.77. The molecule has 0 aliphatic carbocycles. The zero-order valence-electron chi connectivity index (χ0n) is 14.6. The maximum Gasteiger partial charge on any atom is 0.416 e. The summed E-state index contributed by atoms with van der Waals surface area (Å²) in [5, 5.41) is 4.63. The number of aromatic nitrogens is 2. The van der Waals surface area contributed by atoms with Crippen LogP contribution >= 0.6 is 11.3 Å². The van der Waals surface area contributed by atoms with Gasteiger partial charge < -0.3 is 5.32 Å². The predicted molar refractivity (Wildman–Crippen MR) is 103 cm³/mol. The van der Waals surface area contributed by atoms with Gasteiger partial charge in [0.05, 0.1) is 10.4 Å². The van der Waals surface area contributed by atoms with Crippen molar-refractivity contribution in [2.75, 3.05) is 5.32 Å². The highest BCUT2D eigenvalue weighted by molar-refractivity contribution is 7.13. The zero-order chi connectivity index (χ0) is 19.9. The van der Waals surface area contributed by atoms with E-state index in [1.54, 1.807) is 10.6 Å². The van der Waals surface area contributed by atoms with Crippen LogP contribution in [0.15, 0.2) is 60.1 Å². The van der Waals surface area contributed by atoms with Gasteiger partial charge in [-0.05, 0) is 54.3 Å². The second-order valence-corrected chi connectivity index (χ2v) is 7.20. The van der Waals surface area contributed by atoms with Gasteiger partial charge in [-0.15, -0.1) is 11.3 Å². The van der Waals surface area contributed by atoms with Crippen molar-refractivity contribution in [2.24, 2.45) is 0 Å². The minimum Gasteiger partial charge on any atom is -0.306 e. The molecule has 8 heteroatoms. The normalized spacial score (nSPS) is 11.7. The van der Waals surface area contributed by atoms with E-state index in [9.17, 15) is 18.0 Å². The lowest BCUT2D eigenvalue weighted by molar-refractivity contribution is -0.137. The second kappa shape index (κ2) is 6.79. The summed E-state index contributed by atoms with van der Waals surface area (Å²) in [4.78, 5) is 18.2. The first-order chi connectivity index (χ1) is 13.3. The van der Waals surface area contributed by atoms with E-state index in [4.69, 9.17) is 0 Å². The molecule has 0 spiro atoms. The molecule has 0 saturated carbocycles. The molecule has 1 N–H and O–H groups in total. The molecule has 0 aliphatic rings. The van der Waals surface area contributed by atoms with Gasteiger partial charge in [0.15, 0.2) is 0 Å². The minimum absolute atomic E-state index is 0.0750. The van der Waals surface area contributed by atoms with Crippen molar-refractivity contribution in [3.8, 4) is 10.6 Å². The average molecular weight is 401 g/mol. The quantitative estimate of drug-likeness (QED) is 0.483. The monoisotopic (exact) mass is 401 g/mol. The van der Waals surface area contributed by atoms with Gasteiger partial charge in [-0.2, -0.15) is 13.2 Å². The van der Waals surface area contributed by atoms with Crippen molar-refractivity contribution in [2.45, 2.75) is 13.1 Å². The SMILES string of the molecule is Cc1ccn2c(NC(=O)c3cccc(C(F)(F)F)c3)c(-c3cccs3)nc2c1. The number of carbonyl (C=O) groups excluding carboxylic acids is 1. The third kappa shape index (κ3) is 3.38. The van der Waals surface area contributed by atoms with E-state index < -0.39 is 17.6 Å². The van der Waals surface area contributed by atoms with Gasteiger partial charge in [-0.1, -0.05) is 12.1 Å². The number of halogens is 3. The number of nitrogens with zero attached hydrogens (tertiary/aromatic N) is 2. The summed E-state index contributed by atoms with van der Waals surface area (Å²) in [5.41, 5.74) is 1.27. The third-order valence-electron chi connectivity index (χ3n) is 4.22. The largest absolute Gasteiger partial charge is 0.416 e. The number of imidazole rings is 1. The summed E-state index contributed by atoms with van der Waals surface area (Å²) in [6.07, 6.45) is -2.74. The van der Waals surface area contributed by atoms with Gasteiger partial charge in [0.1, 0.15) is 17.2 Å². The number of thiophene rings is 1. The first kappa shape index (κ1) is 18.2. The van der Waals surface area contributed by atoms with Crippen LogP contribution in [-0.4, -0.2) is 15.3 Å². The molecular formula is C20H14F3N3OS. The number of nitrogens with one attached hydrogen (secondary N) is 1. The Morgan fingerprint density at radius 1 is 1.14 bits per heavy atom. The fourth-order valence-corrected chi connectivity index (χ4v) is 3.58. The number of fused-ring (bicyclic) bond motifs is 1. The molecule has 4 aromatic rings. The number of anilines is 1. The molecule has 0 saturated heterocycles. The number of amides is 1. The van der Waals surface area contributed by atoms with Crippen LogP contribution in [0.4, 0.5) is 19.0 Å². The van der Waals surface area contributed by atoms with Crippen molar-refractivity contribution < 1.29 is 18.0 Å². The van der Waals surface area contributed by atoms with E-state index in [2.05, 4.69) is 10.3 Å². The van der Waals surface area contributed by atoms with Crippen LogP contribution in [0.2, 0.25) is 0 Å². The first-order valence-corrected chi connectivity index (χ1v) is 9.22. The van der Waals surface area contributed by atoms with Crippen molar-refractivity contribution in [1.29, 1.82) is 0 Å². The van der Waals surface area contributed by atoms with Crippen LogP contribution in [-0.2, 0) is 6.18 Å². The fraction of sp³-hybridized carbons (Fsp3) is 0.100. The van der Waals surface area contributed by atoms with Crippen molar-refractivity contribution in [3.05, 3.63) is 76.8 Å². The number of rotatable bonds is 3. The number of hydrogen-bond acceptors (Lipinski definition) is 3. The Morgan fingerprint density at radius 2 is 1.96 bits per heavy atom. The third-order valence-corrected chi connectivity index (χ3v) is 5.10. The van der Waals surface area contributed by atoms with E-state index in [0.29, 0.717) is 17.2 Å². The number of aryl methyl sites for hydroxylation is 1. The van der Waals surface area contributed by atoms with Crippen molar-refractivity contribution in [3.63, 3.8) is 0 Å². The molecular weight excluding hydrogens is 387 g/mol. The van der Waals surface area contributed by atoms with E-state index in [1.165, 1.54) is 23.5 Å². The molecule has 0 aliphatic heterocycles. The Kier molecular flexibility index (Phi) is 4.43. The van der Waals surface area contributed by atoms with Crippen LogP contribution in [0.3, 0.4) is 0 Å². The second-order valence-electron chi connectivity index (χ2n) is 6.25. The molecule has 1 aromatic carbocycles. The molecule has 0 bridgehead atoms. The van der Waals surface area contributed by atoms with Crippen molar-refractivity contribution >= 4 is 28.7 Å². The van der Waals surface area contributed by atoms with Crippen LogP contribution in [0, 0.1) is 6.92 Å². The summed E-state index contributed by atoms with van der Waals surface area (Å²) in [5.74, 6) is -0.217. The van der Waals surface area contributed by atoms with Crippen LogP contribution in [0.5, 0.6) is 0 Å². The van der Waals surface area contributed by atoms with E-state index >= 15 is 0 Å². The molecule has 3 aromatic heterocycles. The summed E-state index contributed by atoms with van der Waals surface area (Å²) < 4.78 is 40.6. The molecule has 0 unspecified atom stereocenters. The Morgan fingerprint density at radius 3 is 2.68 bits per heavy atom. The highest BCUT2D eigenvalue weighted by Gasteiger charge is 2.31. The smallest absolute Gasteiger partial charge is 0.306 e. The molecule has 4 rings (SSSR count). The topological polar surface area (TPSA) is 46.4 Å². The summed E-state index contributed by atoms with van der Waals surface area (Å²) in [6, 6.07) is 11.8. The average Bonchev–Trinajstić information content (AvgIpc) is 3.29. The number of alkyl halides is 3. The number of carbonyl (C=O) groups is 1. The Labute approximate surface area is 162 Å². The standard InChI is InChI=1S/C20H14F3N3OS/c1-12-7-8-26-16(10-12)24-17(15-6-3-9-28-15)18(26)25-19(27)13-4-2-5-14(11-13)20(21,22)23/h2-11H,1H3,(H,25,27). The lowest BCUT2D eigenvalue weighted by atomic mass is 10.1. The van der Waals surface area contributed by atoms with Crippen LogP contribution in [0.25, 0.3) is 16.2 Å². The summed E-state index contributed by atoms with van der Waals surface area (Å²) >= 11 is 1.46. The van der Waals surface area contributed by atoms with Gasteiger partial charge in [-0.25, -0.2) is 4.98 Å². The van der Waals surface area contributed by atoms with E-state index in [0.717, 1.165) is 22.6 Å². The molecule has 0 radical (unpaired) electrons. The predicted octanol–water partition coefficient (Wildman–Crippen LogP) is 5.64. The van der Waals surface area contributed by atoms with E-state index in [-0.39, 0.29) is 5.56 Å². The lowest BCUT2D eigenvalue weighted by Crippen LogP contribution is -2.15. The molecule has 0 fully saturated rings. The lowest BCUT2D eigenvalue weighted by Gasteiger charge is -2.10. The number of benzene rings is 1. The van der Waals surface area contributed by atoms with Crippen LogP contribution < -0.4 is 5.32 Å².